The SMILES string of the molecule is CC(C)=C1C=CC(c2ccccc2)=C1. The van der Waals surface area contributed by atoms with Gasteiger partial charge in [-0.15, -0.1) is 0 Å². The van der Waals surface area contributed by atoms with Gasteiger partial charge in [-0.05, 0) is 36.6 Å². The normalized spacial score (nSPS) is 14.4. The van der Waals surface area contributed by atoms with Crippen molar-refractivity contribution in [2.75, 3.05) is 0 Å². The van der Waals surface area contributed by atoms with Crippen molar-refractivity contribution in [2.45, 2.75) is 13.8 Å². The molecule has 0 radical (unpaired) electrons. The molecule has 1 aromatic rings. The van der Waals surface area contributed by atoms with E-state index in [-0.39, 0.29) is 0 Å². The first-order chi connectivity index (χ1) is 6.77. The quantitative estimate of drug-likeness (QED) is 0.616. The first kappa shape index (κ1) is 9.01. The van der Waals surface area contributed by atoms with Crippen LogP contribution in [-0.4, -0.2) is 0 Å². The van der Waals surface area contributed by atoms with Crippen LogP contribution in [0, 0.1) is 0 Å². The Balaban J connectivity index is 2.38. The summed E-state index contributed by atoms with van der Waals surface area (Å²) >= 11 is 0. The third kappa shape index (κ3) is 1.69. The molecule has 0 atom stereocenters. The fourth-order valence-electron chi connectivity index (χ4n) is 1.56. The van der Waals surface area contributed by atoms with E-state index in [4.69, 9.17) is 0 Å². The van der Waals surface area contributed by atoms with E-state index in [0.717, 1.165) is 0 Å². The van der Waals surface area contributed by atoms with E-state index in [1.165, 1.54) is 22.3 Å². The lowest BCUT2D eigenvalue weighted by molar-refractivity contribution is 1.35. The molecule has 14 heavy (non-hydrogen) atoms. The highest BCUT2D eigenvalue weighted by Crippen LogP contribution is 2.25. The maximum atomic E-state index is 2.24. The molecule has 1 aliphatic carbocycles. The van der Waals surface area contributed by atoms with Gasteiger partial charge in [-0.1, -0.05) is 48.1 Å². The van der Waals surface area contributed by atoms with E-state index in [2.05, 4.69) is 56.3 Å². The summed E-state index contributed by atoms with van der Waals surface area (Å²) in [4.78, 5) is 0. The van der Waals surface area contributed by atoms with Crippen molar-refractivity contribution < 1.29 is 0 Å². The number of allylic oxidation sites excluding steroid dienone is 6. The maximum Gasteiger partial charge on any atom is -0.0178 e. The molecule has 0 unspecified atom stereocenters. The van der Waals surface area contributed by atoms with Gasteiger partial charge in [-0.2, -0.15) is 0 Å². The molecule has 0 bridgehead atoms. The third-order valence-corrected chi connectivity index (χ3v) is 2.44. The second-order valence-corrected chi connectivity index (χ2v) is 3.75. The smallest absolute Gasteiger partial charge is 0.0178 e. The van der Waals surface area contributed by atoms with Crippen molar-refractivity contribution in [2.24, 2.45) is 0 Å². The van der Waals surface area contributed by atoms with Crippen LogP contribution in [0.3, 0.4) is 0 Å². The van der Waals surface area contributed by atoms with E-state index in [1.807, 2.05) is 6.07 Å². The van der Waals surface area contributed by atoms with Crippen molar-refractivity contribution in [3.63, 3.8) is 0 Å². The molecular weight excluding hydrogens is 168 g/mol. The molecule has 0 amide bonds. The van der Waals surface area contributed by atoms with Gasteiger partial charge in [0, 0.05) is 0 Å². The van der Waals surface area contributed by atoms with E-state index in [9.17, 15) is 0 Å². The molecule has 0 aromatic heterocycles. The summed E-state index contributed by atoms with van der Waals surface area (Å²) in [7, 11) is 0. The zero-order chi connectivity index (χ0) is 9.97. The highest BCUT2D eigenvalue weighted by Gasteiger charge is 2.04. The monoisotopic (exact) mass is 182 g/mol. The summed E-state index contributed by atoms with van der Waals surface area (Å²) in [5, 5.41) is 0. The van der Waals surface area contributed by atoms with E-state index < -0.39 is 0 Å². The molecule has 0 saturated carbocycles. The Bertz CT molecular complexity index is 413. The van der Waals surface area contributed by atoms with Crippen LogP contribution in [0.15, 0.2) is 59.7 Å². The van der Waals surface area contributed by atoms with Crippen molar-refractivity contribution in [1.82, 2.24) is 0 Å². The maximum absolute atomic E-state index is 2.24. The number of hydrogen-bond donors (Lipinski definition) is 0. The van der Waals surface area contributed by atoms with Crippen LogP contribution in [0.1, 0.15) is 19.4 Å². The number of rotatable bonds is 1. The summed E-state index contributed by atoms with van der Waals surface area (Å²) < 4.78 is 0. The summed E-state index contributed by atoms with van der Waals surface area (Å²) in [5.74, 6) is 0. The summed E-state index contributed by atoms with van der Waals surface area (Å²) in [6.45, 7) is 4.29. The zero-order valence-corrected chi connectivity index (χ0v) is 8.62. The highest BCUT2D eigenvalue weighted by atomic mass is 14.1. The van der Waals surface area contributed by atoms with Crippen molar-refractivity contribution in [1.29, 1.82) is 0 Å². The lowest BCUT2D eigenvalue weighted by Gasteiger charge is -1.97. The minimum Gasteiger partial charge on any atom is -0.0692 e. The average molecular weight is 182 g/mol. The molecule has 0 heteroatoms. The number of hydrogen-bond acceptors (Lipinski definition) is 0. The molecule has 70 valence electrons. The standard InChI is InChI=1S/C14H14/c1-11(2)13-8-9-14(10-13)12-6-4-3-5-7-12/h3-10H,1-2H3. The van der Waals surface area contributed by atoms with Crippen molar-refractivity contribution in [3.8, 4) is 0 Å². The molecular formula is C14H14. The molecule has 0 aliphatic heterocycles. The van der Waals surface area contributed by atoms with Gasteiger partial charge in [-0.3, -0.25) is 0 Å². The lowest BCUT2D eigenvalue weighted by atomic mass is 10.1. The van der Waals surface area contributed by atoms with Gasteiger partial charge in [0.05, 0.1) is 0 Å². The Morgan fingerprint density at radius 1 is 0.929 bits per heavy atom. The van der Waals surface area contributed by atoms with Crippen LogP contribution < -0.4 is 0 Å². The van der Waals surface area contributed by atoms with Gasteiger partial charge >= 0.3 is 0 Å². The minimum atomic E-state index is 1.29. The fourth-order valence-corrected chi connectivity index (χ4v) is 1.56. The van der Waals surface area contributed by atoms with Crippen molar-refractivity contribution in [3.05, 3.63) is 65.3 Å². The van der Waals surface area contributed by atoms with Gasteiger partial charge in [0.2, 0.25) is 0 Å². The van der Waals surface area contributed by atoms with Crippen LogP contribution in [0.4, 0.5) is 0 Å². The van der Waals surface area contributed by atoms with Crippen LogP contribution in [0.2, 0.25) is 0 Å². The lowest BCUT2D eigenvalue weighted by Crippen LogP contribution is -1.76. The Kier molecular flexibility index (Phi) is 2.36. The van der Waals surface area contributed by atoms with E-state index in [0.29, 0.717) is 0 Å². The fraction of sp³-hybridized carbons (Fsp3) is 0.143. The van der Waals surface area contributed by atoms with Gasteiger partial charge in [0.1, 0.15) is 0 Å². The van der Waals surface area contributed by atoms with Crippen molar-refractivity contribution >= 4 is 5.57 Å². The Morgan fingerprint density at radius 3 is 2.21 bits per heavy atom. The van der Waals surface area contributed by atoms with Crippen LogP contribution in [-0.2, 0) is 0 Å². The topological polar surface area (TPSA) is 0 Å². The highest BCUT2D eigenvalue weighted by molar-refractivity contribution is 5.81. The Hall–Kier alpha value is -1.56. The van der Waals surface area contributed by atoms with E-state index in [1.54, 1.807) is 0 Å². The predicted octanol–water partition coefficient (Wildman–Crippen LogP) is 3.98. The van der Waals surface area contributed by atoms with Gasteiger partial charge in [-0.25, -0.2) is 0 Å². The Labute approximate surface area is 85.3 Å². The minimum absolute atomic E-state index is 1.29. The Morgan fingerprint density at radius 2 is 1.64 bits per heavy atom. The second-order valence-electron chi connectivity index (χ2n) is 3.75. The van der Waals surface area contributed by atoms with Crippen LogP contribution >= 0.6 is 0 Å². The van der Waals surface area contributed by atoms with Gasteiger partial charge in [0.15, 0.2) is 0 Å². The predicted molar refractivity (Wildman–Crippen MR) is 61.9 cm³/mol. The first-order valence-electron chi connectivity index (χ1n) is 4.90. The molecule has 2 rings (SSSR count). The number of benzene rings is 1. The summed E-state index contributed by atoms with van der Waals surface area (Å²) in [5.41, 5.74) is 5.30. The molecule has 0 fully saturated rings. The molecule has 0 saturated heterocycles. The zero-order valence-electron chi connectivity index (χ0n) is 8.62. The molecule has 0 nitrogen and oxygen atoms in total. The van der Waals surface area contributed by atoms with Gasteiger partial charge in [0.25, 0.3) is 0 Å². The molecule has 0 spiro atoms. The average Bonchev–Trinajstić information content (AvgIpc) is 2.68. The van der Waals surface area contributed by atoms with E-state index >= 15 is 0 Å². The van der Waals surface area contributed by atoms with Crippen LogP contribution in [0.5, 0.6) is 0 Å². The molecule has 1 aliphatic rings. The third-order valence-electron chi connectivity index (χ3n) is 2.44. The first-order valence-corrected chi connectivity index (χ1v) is 4.90. The largest absolute Gasteiger partial charge is 0.0692 e. The molecule has 0 heterocycles. The summed E-state index contributed by atoms with van der Waals surface area (Å²) in [6.07, 6.45) is 6.60. The summed E-state index contributed by atoms with van der Waals surface area (Å²) in [6, 6.07) is 10.5. The molecule has 0 N–H and O–H groups in total. The van der Waals surface area contributed by atoms with Crippen LogP contribution in [0.25, 0.3) is 5.57 Å². The molecule has 1 aromatic carbocycles. The van der Waals surface area contributed by atoms with Gasteiger partial charge < -0.3 is 0 Å². The second kappa shape index (κ2) is 3.67.